The zero-order valence-electron chi connectivity index (χ0n) is 12.9. The third-order valence-corrected chi connectivity index (χ3v) is 4.23. The molecule has 21 heavy (non-hydrogen) atoms. The average molecular weight is 295 g/mol. The van der Waals surface area contributed by atoms with Crippen molar-refractivity contribution in [3.8, 4) is 0 Å². The van der Waals surface area contributed by atoms with Gasteiger partial charge >= 0.3 is 0 Å². The van der Waals surface area contributed by atoms with Crippen molar-refractivity contribution in [1.29, 1.82) is 0 Å². The molecule has 7 nitrogen and oxygen atoms in total. The summed E-state index contributed by atoms with van der Waals surface area (Å²) in [4.78, 5) is 14.2. The highest BCUT2D eigenvalue weighted by Gasteiger charge is 2.30. The average Bonchev–Trinajstić information content (AvgIpc) is 2.87. The molecule has 1 amide bonds. The fourth-order valence-electron chi connectivity index (χ4n) is 3.03. The molecule has 0 radical (unpaired) electrons. The van der Waals surface area contributed by atoms with Crippen LogP contribution in [0.3, 0.4) is 0 Å². The van der Waals surface area contributed by atoms with Crippen molar-refractivity contribution in [1.82, 2.24) is 25.1 Å². The lowest BCUT2D eigenvalue weighted by molar-refractivity contribution is -0.137. The van der Waals surface area contributed by atoms with Gasteiger partial charge in [0.2, 0.25) is 5.91 Å². The topological polar surface area (TPSA) is 84.1 Å². The number of aromatic nitrogens is 4. The van der Waals surface area contributed by atoms with Gasteiger partial charge in [0.25, 0.3) is 0 Å². The molecule has 118 valence electrons. The third-order valence-electron chi connectivity index (χ3n) is 4.23. The Morgan fingerprint density at radius 2 is 2.19 bits per heavy atom. The summed E-state index contributed by atoms with van der Waals surface area (Å²) in [5, 5.41) is 21.4. The monoisotopic (exact) mass is 295 g/mol. The largest absolute Gasteiger partial charge is 0.391 e. The molecule has 1 heterocycles. The number of aliphatic hydroxyl groups is 1. The molecular weight excluding hydrogens is 270 g/mol. The molecule has 0 bridgehead atoms. The van der Waals surface area contributed by atoms with Gasteiger partial charge in [-0.3, -0.25) is 4.79 Å². The van der Waals surface area contributed by atoms with Crippen molar-refractivity contribution in [2.75, 3.05) is 6.54 Å². The van der Waals surface area contributed by atoms with Crippen LogP contribution in [-0.4, -0.2) is 54.8 Å². The molecule has 1 fully saturated rings. The number of tetrazole rings is 1. The molecule has 1 aliphatic rings. The minimum atomic E-state index is -0.371. The van der Waals surface area contributed by atoms with E-state index in [9.17, 15) is 9.90 Å². The SMILES string of the molecule is CCN(C(=O)CCCn1nnnc1C)C1CCCCC1O. The summed E-state index contributed by atoms with van der Waals surface area (Å²) in [7, 11) is 0. The highest BCUT2D eigenvalue weighted by atomic mass is 16.3. The minimum Gasteiger partial charge on any atom is -0.391 e. The fourth-order valence-corrected chi connectivity index (χ4v) is 3.03. The van der Waals surface area contributed by atoms with Crippen LogP contribution in [0, 0.1) is 6.92 Å². The van der Waals surface area contributed by atoms with E-state index in [1.807, 2.05) is 18.7 Å². The van der Waals surface area contributed by atoms with Crippen LogP contribution in [0.5, 0.6) is 0 Å². The summed E-state index contributed by atoms with van der Waals surface area (Å²) < 4.78 is 1.71. The lowest BCUT2D eigenvalue weighted by Crippen LogP contribution is -2.48. The third kappa shape index (κ3) is 4.00. The molecule has 1 aliphatic carbocycles. The van der Waals surface area contributed by atoms with E-state index >= 15 is 0 Å². The fraction of sp³-hybridized carbons (Fsp3) is 0.857. The maximum atomic E-state index is 12.4. The van der Waals surface area contributed by atoms with E-state index in [1.54, 1.807) is 4.68 Å². The van der Waals surface area contributed by atoms with E-state index in [2.05, 4.69) is 15.5 Å². The number of likely N-dealkylation sites (N-methyl/N-ethyl adjacent to an activating group) is 1. The van der Waals surface area contributed by atoms with Gasteiger partial charge in [0.15, 0.2) is 0 Å². The molecule has 7 heteroatoms. The van der Waals surface area contributed by atoms with Crippen molar-refractivity contribution in [2.24, 2.45) is 0 Å². The van der Waals surface area contributed by atoms with Gasteiger partial charge in [0.05, 0.1) is 12.1 Å². The van der Waals surface area contributed by atoms with E-state index < -0.39 is 0 Å². The van der Waals surface area contributed by atoms with Crippen LogP contribution in [-0.2, 0) is 11.3 Å². The van der Waals surface area contributed by atoms with E-state index in [1.165, 1.54) is 0 Å². The predicted molar refractivity (Wildman–Crippen MR) is 77.4 cm³/mol. The number of hydrogen-bond acceptors (Lipinski definition) is 5. The van der Waals surface area contributed by atoms with Crippen LogP contribution < -0.4 is 0 Å². The van der Waals surface area contributed by atoms with Crippen molar-refractivity contribution in [3.05, 3.63) is 5.82 Å². The molecule has 2 atom stereocenters. The van der Waals surface area contributed by atoms with Gasteiger partial charge in [-0.2, -0.15) is 0 Å². The molecule has 0 aromatic carbocycles. The first-order valence-corrected chi connectivity index (χ1v) is 7.83. The molecule has 0 spiro atoms. The number of aliphatic hydroxyl groups excluding tert-OH is 1. The quantitative estimate of drug-likeness (QED) is 0.843. The maximum absolute atomic E-state index is 12.4. The van der Waals surface area contributed by atoms with E-state index in [0.717, 1.165) is 31.5 Å². The zero-order valence-corrected chi connectivity index (χ0v) is 12.9. The second-order valence-electron chi connectivity index (χ2n) is 5.65. The summed E-state index contributed by atoms with van der Waals surface area (Å²) in [6.45, 7) is 5.13. The number of carbonyl (C=O) groups is 1. The highest BCUT2D eigenvalue weighted by Crippen LogP contribution is 2.23. The Morgan fingerprint density at radius 3 is 2.81 bits per heavy atom. The maximum Gasteiger partial charge on any atom is 0.222 e. The molecule has 1 saturated carbocycles. The Hall–Kier alpha value is -1.50. The van der Waals surface area contributed by atoms with Gasteiger partial charge in [-0.15, -0.1) is 5.10 Å². The molecule has 1 N–H and O–H groups in total. The molecule has 1 aromatic heterocycles. The van der Waals surface area contributed by atoms with E-state index in [-0.39, 0.29) is 18.1 Å². The number of hydrogen-bond donors (Lipinski definition) is 1. The molecule has 0 saturated heterocycles. The zero-order chi connectivity index (χ0) is 15.2. The van der Waals surface area contributed by atoms with Crippen molar-refractivity contribution < 1.29 is 9.90 Å². The summed E-state index contributed by atoms with van der Waals surface area (Å²) in [6.07, 6.45) is 4.67. The number of amides is 1. The first-order chi connectivity index (χ1) is 10.1. The summed E-state index contributed by atoms with van der Waals surface area (Å²) in [6, 6.07) is -0.00831. The summed E-state index contributed by atoms with van der Waals surface area (Å²) in [5.74, 6) is 0.881. The van der Waals surface area contributed by atoms with Gasteiger partial charge in [-0.25, -0.2) is 4.68 Å². The van der Waals surface area contributed by atoms with Crippen LogP contribution in [0.4, 0.5) is 0 Å². The highest BCUT2D eigenvalue weighted by molar-refractivity contribution is 5.76. The summed E-state index contributed by atoms with van der Waals surface area (Å²) in [5.41, 5.74) is 0. The second-order valence-corrected chi connectivity index (χ2v) is 5.65. The Balaban J connectivity index is 1.84. The van der Waals surface area contributed by atoms with Crippen LogP contribution in [0.2, 0.25) is 0 Å². The van der Waals surface area contributed by atoms with Gasteiger partial charge < -0.3 is 10.0 Å². The Labute approximate surface area is 125 Å². The number of aryl methyl sites for hydroxylation is 2. The molecule has 1 aromatic rings. The van der Waals surface area contributed by atoms with E-state index in [0.29, 0.717) is 25.9 Å². The molecule has 2 unspecified atom stereocenters. The first kappa shape index (κ1) is 15.9. The molecule has 0 aliphatic heterocycles. The predicted octanol–water partition coefficient (Wildman–Crippen LogP) is 0.914. The Bertz CT molecular complexity index is 462. The van der Waals surface area contributed by atoms with Crippen LogP contribution in [0.15, 0.2) is 0 Å². The lowest BCUT2D eigenvalue weighted by Gasteiger charge is -2.37. The van der Waals surface area contributed by atoms with Gasteiger partial charge in [-0.05, 0) is 43.5 Å². The number of rotatable bonds is 6. The smallest absolute Gasteiger partial charge is 0.222 e. The van der Waals surface area contributed by atoms with Gasteiger partial charge in [0.1, 0.15) is 5.82 Å². The van der Waals surface area contributed by atoms with Crippen molar-refractivity contribution in [3.63, 3.8) is 0 Å². The Kier molecular flexibility index (Phi) is 5.67. The van der Waals surface area contributed by atoms with Crippen LogP contribution in [0.1, 0.15) is 51.3 Å². The molecule has 2 rings (SSSR count). The van der Waals surface area contributed by atoms with Gasteiger partial charge in [0, 0.05) is 19.5 Å². The number of carbonyl (C=O) groups excluding carboxylic acids is 1. The van der Waals surface area contributed by atoms with Crippen molar-refractivity contribution >= 4 is 5.91 Å². The van der Waals surface area contributed by atoms with Crippen LogP contribution >= 0.6 is 0 Å². The number of nitrogens with zero attached hydrogens (tertiary/aromatic N) is 5. The van der Waals surface area contributed by atoms with Gasteiger partial charge in [-0.1, -0.05) is 12.8 Å². The first-order valence-electron chi connectivity index (χ1n) is 7.83. The van der Waals surface area contributed by atoms with Crippen LogP contribution in [0.25, 0.3) is 0 Å². The molecular formula is C14H25N5O2. The van der Waals surface area contributed by atoms with E-state index in [4.69, 9.17) is 0 Å². The second kappa shape index (κ2) is 7.49. The Morgan fingerprint density at radius 1 is 1.43 bits per heavy atom. The normalized spacial score (nSPS) is 22.2. The standard InChI is InChI=1S/C14H25N5O2/c1-3-18(12-7-4-5-8-13(12)20)14(21)9-6-10-19-11(2)15-16-17-19/h12-13,20H,3-10H2,1-2H3. The lowest BCUT2D eigenvalue weighted by atomic mass is 9.91. The minimum absolute atomic E-state index is 0.00831. The summed E-state index contributed by atoms with van der Waals surface area (Å²) >= 11 is 0. The van der Waals surface area contributed by atoms with Crippen molar-refractivity contribution in [2.45, 2.75) is 71.1 Å².